The molecule has 0 spiro atoms. The average Bonchev–Trinajstić information content (AvgIpc) is 2.85. The molecule has 2 aromatic rings. The Balaban J connectivity index is 2.50. The lowest BCUT2D eigenvalue weighted by molar-refractivity contribution is -0.133. The van der Waals surface area contributed by atoms with Crippen molar-refractivity contribution in [2.75, 3.05) is 6.54 Å². The third-order valence-corrected chi connectivity index (χ3v) is 4.10. The van der Waals surface area contributed by atoms with Gasteiger partial charge in [0.2, 0.25) is 5.91 Å². The highest BCUT2D eigenvalue weighted by Crippen LogP contribution is 2.24. The minimum absolute atomic E-state index is 0.0400. The molecule has 0 bridgehead atoms. The van der Waals surface area contributed by atoms with Gasteiger partial charge in [0.25, 0.3) is 0 Å². The second-order valence-electron chi connectivity index (χ2n) is 6.04. The lowest BCUT2D eigenvalue weighted by Crippen LogP contribution is -2.38. The Morgan fingerprint density at radius 2 is 1.92 bits per heavy atom. The van der Waals surface area contributed by atoms with Gasteiger partial charge in [0.15, 0.2) is 5.78 Å². The predicted molar refractivity (Wildman–Crippen MR) is 91.4 cm³/mol. The van der Waals surface area contributed by atoms with Gasteiger partial charge >= 0.3 is 5.97 Å². The molecule has 0 unspecified atom stereocenters. The number of fused-ring (bicyclic) bond motifs is 1. The van der Waals surface area contributed by atoms with Crippen LogP contribution in [0.25, 0.3) is 10.9 Å². The number of ketones is 1. The van der Waals surface area contributed by atoms with Crippen LogP contribution in [0.2, 0.25) is 0 Å². The molecule has 6 nitrogen and oxygen atoms in total. The molecule has 0 aliphatic carbocycles. The van der Waals surface area contributed by atoms with E-state index in [4.69, 9.17) is 5.11 Å². The van der Waals surface area contributed by atoms with E-state index in [1.165, 1.54) is 19.1 Å². The standard InChI is InChI=1S/C18H22N2O4/c1-5-20(11(2)3)17(22)10-19-9-15(12(4)21)14-8-13(18(23)24)6-7-16(14)19/h6-9,11H,5,10H2,1-4H3,(H,23,24). The number of carbonyl (C=O) groups is 3. The molecule has 0 aliphatic heterocycles. The summed E-state index contributed by atoms with van der Waals surface area (Å²) in [4.78, 5) is 37.3. The Bertz CT molecular complexity index is 805. The Morgan fingerprint density at radius 3 is 2.42 bits per heavy atom. The molecule has 0 atom stereocenters. The highest BCUT2D eigenvalue weighted by atomic mass is 16.4. The second-order valence-corrected chi connectivity index (χ2v) is 6.04. The van der Waals surface area contributed by atoms with E-state index in [-0.39, 0.29) is 29.8 Å². The molecule has 24 heavy (non-hydrogen) atoms. The molecular weight excluding hydrogens is 308 g/mol. The van der Waals surface area contributed by atoms with Crippen molar-refractivity contribution in [2.45, 2.75) is 40.3 Å². The van der Waals surface area contributed by atoms with Gasteiger partial charge in [-0.2, -0.15) is 0 Å². The number of hydrogen-bond donors (Lipinski definition) is 1. The Kier molecular flexibility index (Phi) is 5.07. The summed E-state index contributed by atoms with van der Waals surface area (Å²) in [7, 11) is 0. The number of carbonyl (C=O) groups excluding carboxylic acids is 2. The van der Waals surface area contributed by atoms with Gasteiger partial charge in [-0.25, -0.2) is 4.79 Å². The van der Waals surface area contributed by atoms with Crippen LogP contribution in [0.15, 0.2) is 24.4 Å². The number of likely N-dealkylation sites (N-methyl/N-ethyl adjacent to an activating group) is 1. The van der Waals surface area contributed by atoms with E-state index >= 15 is 0 Å². The van der Waals surface area contributed by atoms with Crippen molar-refractivity contribution in [1.82, 2.24) is 9.47 Å². The van der Waals surface area contributed by atoms with Gasteiger partial charge in [-0.3, -0.25) is 9.59 Å². The van der Waals surface area contributed by atoms with E-state index in [9.17, 15) is 14.4 Å². The number of amides is 1. The van der Waals surface area contributed by atoms with E-state index in [0.29, 0.717) is 23.0 Å². The molecule has 128 valence electrons. The van der Waals surface area contributed by atoms with Gasteiger partial charge in [-0.1, -0.05) is 0 Å². The molecule has 2 rings (SSSR count). The zero-order valence-corrected chi connectivity index (χ0v) is 14.4. The summed E-state index contributed by atoms with van der Waals surface area (Å²) in [6.45, 7) is 7.98. The van der Waals surface area contributed by atoms with Crippen molar-refractivity contribution in [3.8, 4) is 0 Å². The molecular formula is C18H22N2O4. The van der Waals surface area contributed by atoms with Gasteiger partial charge in [-0.15, -0.1) is 0 Å². The fourth-order valence-corrected chi connectivity index (χ4v) is 2.91. The van der Waals surface area contributed by atoms with Crippen molar-refractivity contribution in [3.05, 3.63) is 35.5 Å². The van der Waals surface area contributed by atoms with Crippen LogP contribution in [0.1, 0.15) is 48.4 Å². The van der Waals surface area contributed by atoms with Crippen LogP contribution in [-0.4, -0.2) is 44.8 Å². The lowest BCUT2D eigenvalue weighted by Gasteiger charge is -2.25. The number of rotatable bonds is 6. The molecule has 1 N–H and O–H groups in total. The van der Waals surface area contributed by atoms with Crippen molar-refractivity contribution in [2.24, 2.45) is 0 Å². The number of nitrogens with zero attached hydrogens (tertiary/aromatic N) is 2. The van der Waals surface area contributed by atoms with Crippen molar-refractivity contribution in [3.63, 3.8) is 0 Å². The summed E-state index contributed by atoms with van der Waals surface area (Å²) < 4.78 is 1.71. The van der Waals surface area contributed by atoms with Crippen LogP contribution in [0.5, 0.6) is 0 Å². The first-order valence-electron chi connectivity index (χ1n) is 7.92. The fraction of sp³-hybridized carbons (Fsp3) is 0.389. The molecule has 0 saturated heterocycles. The van der Waals surface area contributed by atoms with Gasteiger partial charge in [0.05, 0.1) is 5.56 Å². The first-order chi connectivity index (χ1) is 11.3. The topological polar surface area (TPSA) is 79.6 Å². The second kappa shape index (κ2) is 6.86. The number of benzene rings is 1. The third-order valence-electron chi connectivity index (χ3n) is 4.10. The zero-order valence-electron chi connectivity index (χ0n) is 14.4. The first-order valence-corrected chi connectivity index (χ1v) is 7.92. The number of aromatic nitrogens is 1. The SMILES string of the molecule is CCN(C(=O)Cn1cc(C(C)=O)c2cc(C(=O)O)ccc21)C(C)C. The minimum Gasteiger partial charge on any atom is -0.478 e. The van der Waals surface area contributed by atoms with Gasteiger partial charge in [-0.05, 0) is 45.9 Å². The highest BCUT2D eigenvalue weighted by Gasteiger charge is 2.19. The number of Topliss-reactive ketones (excluding diaryl/α,β-unsaturated/α-hetero) is 1. The van der Waals surface area contributed by atoms with E-state index in [0.717, 1.165) is 0 Å². The van der Waals surface area contributed by atoms with Gasteiger partial charge < -0.3 is 14.6 Å². The number of carboxylic acid groups (broad SMARTS) is 1. The first kappa shape index (κ1) is 17.7. The molecule has 0 radical (unpaired) electrons. The Labute approximate surface area is 140 Å². The summed E-state index contributed by atoms with van der Waals surface area (Å²) in [5, 5.41) is 9.70. The lowest BCUT2D eigenvalue weighted by atomic mass is 10.1. The summed E-state index contributed by atoms with van der Waals surface area (Å²) in [6.07, 6.45) is 1.63. The maximum absolute atomic E-state index is 12.5. The summed E-state index contributed by atoms with van der Waals surface area (Å²) in [5.74, 6) is -1.25. The molecule has 0 aliphatic rings. The third kappa shape index (κ3) is 3.32. The molecule has 1 amide bonds. The summed E-state index contributed by atoms with van der Waals surface area (Å²) in [6, 6.07) is 4.70. The maximum Gasteiger partial charge on any atom is 0.335 e. The van der Waals surface area contributed by atoms with Crippen LogP contribution in [-0.2, 0) is 11.3 Å². The van der Waals surface area contributed by atoms with Crippen LogP contribution >= 0.6 is 0 Å². The minimum atomic E-state index is -1.05. The monoisotopic (exact) mass is 330 g/mol. The van der Waals surface area contributed by atoms with Crippen molar-refractivity contribution >= 4 is 28.6 Å². The molecule has 1 aromatic carbocycles. The van der Waals surface area contributed by atoms with Crippen LogP contribution in [0.4, 0.5) is 0 Å². The predicted octanol–water partition coefficient (Wildman–Crippen LogP) is 2.80. The van der Waals surface area contributed by atoms with Crippen LogP contribution < -0.4 is 0 Å². The Morgan fingerprint density at radius 1 is 1.25 bits per heavy atom. The van der Waals surface area contributed by atoms with Gasteiger partial charge in [0, 0.05) is 35.2 Å². The van der Waals surface area contributed by atoms with E-state index in [1.807, 2.05) is 20.8 Å². The molecule has 1 heterocycles. The smallest absolute Gasteiger partial charge is 0.335 e. The van der Waals surface area contributed by atoms with Crippen LogP contribution in [0.3, 0.4) is 0 Å². The van der Waals surface area contributed by atoms with E-state index in [1.54, 1.807) is 21.7 Å². The number of hydrogen-bond acceptors (Lipinski definition) is 3. The zero-order chi connectivity index (χ0) is 18.0. The van der Waals surface area contributed by atoms with Gasteiger partial charge in [0.1, 0.15) is 6.54 Å². The average molecular weight is 330 g/mol. The van der Waals surface area contributed by atoms with Crippen LogP contribution in [0, 0.1) is 0 Å². The maximum atomic E-state index is 12.5. The fourth-order valence-electron chi connectivity index (χ4n) is 2.91. The quantitative estimate of drug-likeness (QED) is 0.826. The largest absolute Gasteiger partial charge is 0.478 e. The van der Waals surface area contributed by atoms with Crippen molar-refractivity contribution < 1.29 is 19.5 Å². The Hall–Kier alpha value is -2.63. The molecule has 0 fully saturated rings. The molecule has 1 aromatic heterocycles. The number of aromatic carboxylic acids is 1. The van der Waals surface area contributed by atoms with E-state index < -0.39 is 5.97 Å². The highest BCUT2D eigenvalue weighted by molar-refractivity contribution is 6.08. The summed E-state index contributed by atoms with van der Waals surface area (Å²) >= 11 is 0. The molecule has 0 saturated carbocycles. The van der Waals surface area contributed by atoms with E-state index in [2.05, 4.69) is 0 Å². The normalized spacial score (nSPS) is 11.0. The molecule has 6 heteroatoms. The summed E-state index contributed by atoms with van der Waals surface area (Å²) in [5.41, 5.74) is 1.22. The number of carboxylic acids is 1. The van der Waals surface area contributed by atoms with Crippen molar-refractivity contribution in [1.29, 1.82) is 0 Å².